The first-order chi connectivity index (χ1) is 10.2. The van der Waals surface area contributed by atoms with Crippen molar-refractivity contribution in [3.05, 3.63) is 89.5 Å². The van der Waals surface area contributed by atoms with Gasteiger partial charge in [0.2, 0.25) is 0 Å². The quantitative estimate of drug-likeness (QED) is 0.649. The molecule has 0 aromatic heterocycles. The Morgan fingerprint density at radius 3 is 2.29 bits per heavy atom. The van der Waals surface area contributed by atoms with E-state index >= 15 is 0 Å². The highest BCUT2D eigenvalue weighted by Crippen LogP contribution is 2.43. The van der Waals surface area contributed by atoms with Gasteiger partial charge in [-0.2, -0.15) is 0 Å². The summed E-state index contributed by atoms with van der Waals surface area (Å²) >= 11 is 1.93. The normalized spacial score (nSPS) is 17.9. The molecule has 0 nitrogen and oxygen atoms in total. The molecular formula is C20H20S. The molecule has 1 heterocycles. The predicted molar refractivity (Wildman–Crippen MR) is 94.4 cm³/mol. The average Bonchev–Trinajstić information content (AvgIpc) is 2.56. The fourth-order valence-electron chi connectivity index (χ4n) is 2.48. The summed E-state index contributed by atoms with van der Waals surface area (Å²) in [5.41, 5.74) is 4.08. The van der Waals surface area contributed by atoms with Crippen molar-refractivity contribution in [1.82, 2.24) is 0 Å². The van der Waals surface area contributed by atoms with E-state index in [2.05, 4.69) is 86.7 Å². The Morgan fingerprint density at radius 1 is 0.905 bits per heavy atom. The fourth-order valence-corrected chi connectivity index (χ4v) is 3.64. The van der Waals surface area contributed by atoms with Gasteiger partial charge < -0.3 is 0 Å². The Labute approximate surface area is 131 Å². The second kappa shape index (κ2) is 6.36. The van der Waals surface area contributed by atoms with E-state index in [1.54, 1.807) is 0 Å². The number of benzene rings is 2. The van der Waals surface area contributed by atoms with Gasteiger partial charge in [-0.1, -0.05) is 80.6 Å². The lowest BCUT2D eigenvalue weighted by atomic mass is 10.0. The lowest BCUT2D eigenvalue weighted by molar-refractivity contribution is 0.865. The summed E-state index contributed by atoms with van der Waals surface area (Å²) in [4.78, 5) is 1.34. The first kappa shape index (κ1) is 14.2. The number of hydrogen-bond acceptors (Lipinski definition) is 1. The van der Waals surface area contributed by atoms with E-state index in [0.29, 0.717) is 11.2 Å². The molecule has 0 fully saturated rings. The van der Waals surface area contributed by atoms with Gasteiger partial charge in [-0.05, 0) is 28.7 Å². The molecule has 1 heteroatoms. The highest BCUT2D eigenvalue weighted by Gasteiger charge is 2.15. The van der Waals surface area contributed by atoms with E-state index < -0.39 is 0 Å². The first-order valence-corrected chi connectivity index (χ1v) is 8.32. The van der Waals surface area contributed by atoms with Gasteiger partial charge in [0, 0.05) is 4.91 Å². The smallest absolute Gasteiger partial charge is 0.0527 e. The first-order valence-electron chi connectivity index (χ1n) is 7.44. The number of thioether (sulfide) groups is 1. The Hall–Kier alpha value is -1.73. The molecule has 0 saturated heterocycles. The molecule has 1 aliphatic heterocycles. The van der Waals surface area contributed by atoms with E-state index in [1.807, 2.05) is 11.8 Å². The minimum atomic E-state index is 0.409. The maximum Gasteiger partial charge on any atom is 0.0527 e. The maximum absolute atomic E-state index is 2.28. The largest absolute Gasteiger partial charge is 0.113 e. The van der Waals surface area contributed by atoms with Crippen molar-refractivity contribution in [1.29, 1.82) is 0 Å². The second-order valence-corrected chi connectivity index (χ2v) is 6.83. The lowest BCUT2D eigenvalue weighted by Crippen LogP contribution is -1.96. The lowest BCUT2D eigenvalue weighted by Gasteiger charge is -2.19. The molecule has 0 bridgehead atoms. The van der Waals surface area contributed by atoms with Gasteiger partial charge in [0.05, 0.1) is 5.25 Å². The SMILES string of the molecule is CC(C)c1ccc(C2C=CC=C(c3ccccc3)S2)cc1. The molecule has 0 spiro atoms. The van der Waals surface area contributed by atoms with Crippen LogP contribution in [0, 0.1) is 0 Å². The van der Waals surface area contributed by atoms with Crippen LogP contribution >= 0.6 is 11.8 Å². The topological polar surface area (TPSA) is 0 Å². The zero-order chi connectivity index (χ0) is 14.7. The Kier molecular flexibility index (Phi) is 4.31. The van der Waals surface area contributed by atoms with Crippen molar-refractivity contribution in [3.63, 3.8) is 0 Å². The molecule has 0 saturated carbocycles. The Bertz CT molecular complexity index is 648. The van der Waals surface area contributed by atoms with Gasteiger partial charge in [-0.3, -0.25) is 0 Å². The van der Waals surface area contributed by atoms with E-state index in [0.717, 1.165) is 0 Å². The molecule has 2 aromatic rings. The van der Waals surface area contributed by atoms with Crippen LogP contribution in [0.4, 0.5) is 0 Å². The summed E-state index contributed by atoms with van der Waals surface area (Å²) in [5, 5.41) is 0.409. The molecule has 0 aliphatic carbocycles. The van der Waals surface area contributed by atoms with Crippen LogP contribution in [-0.4, -0.2) is 0 Å². The Balaban J connectivity index is 1.80. The summed E-state index contributed by atoms with van der Waals surface area (Å²) in [5.74, 6) is 0.591. The minimum Gasteiger partial charge on any atom is -0.113 e. The third kappa shape index (κ3) is 3.30. The van der Waals surface area contributed by atoms with Crippen LogP contribution in [0.25, 0.3) is 4.91 Å². The van der Waals surface area contributed by atoms with Gasteiger partial charge in [0.1, 0.15) is 0 Å². The molecule has 21 heavy (non-hydrogen) atoms. The van der Waals surface area contributed by atoms with Crippen LogP contribution in [0.5, 0.6) is 0 Å². The van der Waals surface area contributed by atoms with Gasteiger partial charge in [-0.15, -0.1) is 11.8 Å². The van der Waals surface area contributed by atoms with E-state index in [4.69, 9.17) is 0 Å². The summed E-state index contributed by atoms with van der Waals surface area (Å²) in [6.07, 6.45) is 6.67. The third-order valence-electron chi connectivity index (χ3n) is 3.78. The van der Waals surface area contributed by atoms with E-state index in [9.17, 15) is 0 Å². The van der Waals surface area contributed by atoms with Crippen LogP contribution in [-0.2, 0) is 0 Å². The average molecular weight is 292 g/mol. The molecule has 3 rings (SSSR count). The van der Waals surface area contributed by atoms with E-state index in [-0.39, 0.29) is 0 Å². The third-order valence-corrected chi connectivity index (χ3v) is 5.09. The summed E-state index contributed by atoms with van der Waals surface area (Å²) < 4.78 is 0. The summed E-state index contributed by atoms with van der Waals surface area (Å²) in [7, 11) is 0. The van der Waals surface area contributed by atoms with Crippen molar-refractivity contribution in [2.75, 3.05) is 0 Å². The molecule has 1 aliphatic rings. The minimum absolute atomic E-state index is 0.409. The molecule has 0 radical (unpaired) electrons. The molecule has 1 atom stereocenters. The van der Waals surface area contributed by atoms with Crippen LogP contribution in [0.3, 0.4) is 0 Å². The highest BCUT2D eigenvalue weighted by atomic mass is 32.2. The zero-order valence-corrected chi connectivity index (χ0v) is 13.3. The molecule has 1 unspecified atom stereocenters. The monoisotopic (exact) mass is 292 g/mol. The Morgan fingerprint density at radius 2 is 1.62 bits per heavy atom. The van der Waals surface area contributed by atoms with Crippen molar-refractivity contribution in [3.8, 4) is 0 Å². The van der Waals surface area contributed by atoms with Crippen LogP contribution in [0.15, 0.2) is 72.8 Å². The van der Waals surface area contributed by atoms with Gasteiger partial charge in [0.15, 0.2) is 0 Å². The predicted octanol–water partition coefficient (Wildman–Crippen LogP) is 6.20. The van der Waals surface area contributed by atoms with Crippen molar-refractivity contribution in [2.24, 2.45) is 0 Å². The number of rotatable bonds is 3. The number of allylic oxidation sites excluding steroid dienone is 2. The van der Waals surface area contributed by atoms with Gasteiger partial charge in [0.25, 0.3) is 0 Å². The fraction of sp³-hybridized carbons (Fsp3) is 0.200. The molecular weight excluding hydrogens is 272 g/mol. The molecule has 106 valence electrons. The molecule has 0 N–H and O–H groups in total. The van der Waals surface area contributed by atoms with Gasteiger partial charge in [-0.25, -0.2) is 0 Å². The van der Waals surface area contributed by atoms with Crippen molar-refractivity contribution >= 4 is 16.7 Å². The zero-order valence-electron chi connectivity index (χ0n) is 12.5. The van der Waals surface area contributed by atoms with E-state index in [1.165, 1.54) is 21.6 Å². The van der Waals surface area contributed by atoms with Crippen LogP contribution in [0.2, 0.25) is 0 Å². The highest BCUT2D eigenvalue weighted by molar-refractivity contribution is 8.08. The number of hydrogen-bond donors (Lipinski definition) is 0. The van der Waals surface area contributed by atoms with Crippen LogP contribution < -0.4 is 0 Å². The summed E-state index contributed by atoms with van der Waals surface area (Å²) in [6.45, 7) is 4.47. The summed E-state index contributed by atoms with van der Waals surface area (Å²) in [6, 6.07) is 19.7. The maximum atomic E-state index is 2.28. The standard InChI is InChI=1S/C20H20S/c1-15(2)16-11-13-18(14-12-16)20-10-6-9-19(21-20)17-7-4-3-5-8-17/h3-15,20H,1-2H3. The molecule has 0 amide bonds. The van der Waals surface area contributed by atoms with Gasteiger partial charge >= 0.3 is 0 Å². The second-order valence-electron chi connectivity index (χ2n) is 5.64. The molecule has 2 aromatic carbocycles. The van der Waals surface area contributed by atoms with Crippen LogP contribution in [0.1, 0.15) is 41.7 Å². The van der Waals surface area contributed by atoms with Crippen molar-refractivity contribution < 1.29 is 0 Å². The van der Waals surface area contributed by atoms with Crippen molar-refractivity contribution in [2.45, 2.75) is 25.0 Å².